The highest BCUT2D eigenvalue weighted by molar-refractivity contribution is 6.88. The summed E-state index contributed by atoms with van der Waals surface area (Å²) in [6.07, 6.45) is 0. The van der Waals surface area contributed by atoms with Gasteiger partial charge in [0, 0.05) is 33.7 Å². The van der Waals surface area contributed by atoms with Gasteiger partial charge in [-0.3, -0.25) is 0 Å². The molecule has 58 heavy (non-hydrogen) atoms. The van der Waals surface area contributed by atoms with Gasteiger partial charge >= 0.3 is 0 Å². The van der Waals surface area contributed by atoms with Crippen molar-refractivity contribution in [2.45, 2.75) is 19.6 Å². The molecule has 0 radical (unpaired) electrons. The maximum Gasteiger partial charge on any atom is 0.0775 e. The predicted octanol–water partition coefficient (Wildman–Crippen LogP) is 15.3. The Morgan fingerprint density at radius 1 is 0.293 bits per heavy atom. The lowest BCUT2D eigenvalue weighted by Crippen LogP contribution is -2.37. The van der Waals surface area contributed by atoms with Gasteiger partial charge in [-0.1, -0.05) is 189 Å². The van der Waals surface area contributed by atoms with Crippen LogP contribution in [0.1, 0.15) is 0 Å². The minimum absolute atomic E-state index is 1.11. The van der Waals surface area contributed by atoms with Gasteiger partial charge in [0.1, 0.15) is 0 Å². The van der Waals surface area contributed by atoms with Crippen LogP contribution in [-0.2, 0) is 0 Å². The summed E-state index contributed by atoms with van der Waals surface area (Å²) in [5, 5.41) is 3.93. The lowest BCUT2D eigenvalue weighted by atomic mass is 9.99. The third kappa shape index (κ3) is 7.48. The normalized spacial score (nSPS) is 11.4. The molecule has 0 aliphatic carbocycles. The van der Waals surface area contributed by atoms with Gasteiger partial charge in [-0.05, 0) is 93.9 Å². The van der Waals surface area contributed by atoms with E-state index in [1.54, 1.807) is 0 Å². The molecule has 280 valence electrons. The number of nitrogens with zero attached hydrogens (tertiary/aromatic N) is 2. The molecule has 0 saturated carbocycles. The summed E-state index contributed by atoms with van der Waals surface area (Å²) in [7, 11) is -1.43. The summed E-state index contributed by atoms with van der Waals surface area (Å²) < 4.78 is 0. The number of fused-ring (bicyclic) bond motifs is 1. The average Bonchev–Trinajstić information content (AvgIpc) is 3.28. The van der Waals surface area contributed by atoms with Crippen molar-refractivity contribution in [1.82, 2.24) is 0 Å². The fourth-order valence-electron chi connectivity index (χ4n) is 7.94. The van der Waals surface area contributed by atoms with Gasteiger partial charge in [0.2, 0.25) is 0 Å². The average molecular weight is 763 g/mol. The highest BCUT2D eigenvalue weighted by Crippen LogP contribution is 2.42. The fraction of sp³-hybridized carbons (Fsp3) is 0.0545. The van der Waals surface area contributed by atoms with E-state index < -0.39 is 8.07 Å². The predicted molar refractivity (Wildman–Crippen MR) is 253 cm³/mol. The van der Waals surface area contributed by atoms with Gasteiger partial charge < -0.3 is 9.80 Å². The first-order valence-electron chi connectivity index (χ1n) is 20.1. The molecular formula is C55H46N2Si. The lowest BCUT2D eigenvalue weighted by molar-refractivity contribution is 1.28. The number of para-hydroxylation sites is 2. The topological polar surface area (TPSA) is 6.48 Å². The summed E-state index contributed by atoms with van der Waals surface area (Å²) >= 11 is 0. The summed E-state index contributed by atoms with van der Waals surface area (Å²) in [6.45, 7) is 7.21. The van der Waals surface area contributed by atoms with Crippen LogP contribution in [-0.4, -0.2) is 8.07 Å². The van der Waals surface area contributed by atoms with E-state index in [0.29, 0.717) is 0 Å². The Bertz CT molecular complexity index is 2770. The summed E-state index contributed by atoms with van der Waals surface area (Å²) in [4.78, 5) is 4.74. The molecule has 9 rings (SSSR count). The van der Waals surface area contributed by atoms with Crippen LogP contribution in [0.15, 0.2) is 224 Å². The largest absolute Gasteiger partial charge is 0.310 e. The summed E-state index contributed by atoms with van der Waals surface area (Å²) in [6, 6.07) is 81.3. The van der Waals surface area contributed by atoms with Crippen LogP contribution in [0.25, 0.3) is 44.2 Å². The van der Waals surface area contributed by atoms with Gasteiger partial charge in [-0.2, -0.15) is 0 Å². The second-order valence-electron chi connectivity index (χ2n) is 15.9. The van der Waals surface area contributed by atoms with Crippen LogP contribution < -0.4 is 15.0 Å². The molecule has 0 unspecified atom stereocenters. The van der Waals surface area contributed by atoms with E-state index in [1.807, 2.05) is 0 Å². The molecule has 0 N–H and O–H groups in total. The van der Waals surface area contributed by atoms with E-state index in [-0.39, 0.29) is 0 Å². The standard InChI is InChI=1S/C55H46N2Si/c1-58(2,3)51-39-37-50(38-40-51)57(55-24-14-18-46-17-10-11-21-53(46)55)49-35-31-44(32-36-49)42-27-25-41(26-28-42)43-29-33-48(34-30-43)56(47-19-8-5-9-20-47)54-23-13-12-22-52(54)45-15-6-4-7-16-45/h4-40H,1-3H3. The van der Waals surface area contributed by atoms with E-state index in [1.165, 1.54) is 55.0 Å². The number of benzene rings is 9. The van der Waals surface area contributed by atoms with Crippen molar-refractivity contribution in [2.24, 2.45) is 0 Å². The minimum atomic E-state index is -1.43. The molecule has 0 heterocycles. The Morgan fingerprint density at radius 2 is 0.690 bits per heavy atom. The smallest absolute Gasteiger partial charge is 0.0775 e. The Hall–Kier alpha value is -6.94. The van der Waals surface area contributed by atoms with E-state index in [0.717, 1.165) is 28.4 Å². The number of rotatable bonds is 10. The quantitative estimate of drug-likeness (QED) is 0.128. The van der Waals surface area contributed by atoms with Crippen LogP contribution in [0.4, 0.5) is 34.1 Å². The first-order valence-corrected chi connectivity index (χ1v) is 23.6. The monoisotopic (exact) mass is 762 g/mol. The third-order valence-electron chi connectivity index (χ3n) is 11.0. The molecule has 2 nitrogen and oxygen atoms in total. The molecule has 0 atom stereocenters. The van der Waals surface area contributed by atoms with Crippen molar-refractivity contribution in [3.05, 3.63) is 224 Å². The molecule has 0 saturated heterocycles. The zero-order chi connectivity index (χ0) is 39.5. The van der Waals surface area contributed by atoms with Gasteiger partial charge in [-0.25, -0.2) is 0 Å². The minimum Gasteiger partial charge on any atom is -0.310 e. The van der Waals surface area contributed by atoms with Gasteiger partial charge in [0.05, 0.1) is 19.4 Å². The fourth-order valence-corrected chi connectivity index (χ4v) is 9.10. The molecular weight excluding hydrogens is 717 g/mol. The van der Waals surface area contributed by atoms with Crippen molar-refractivity contribution in [3.8, 4) is 33.4 Å². The Balaban J connectivity index is 1.00. The Kier molecular flexibility index (Phi) is 10.1. The summed E-state index contributed by atoms with van der Waals surface area (Å²) in [5.41, 5.74) is 14.0. The number of hydrogen-bond acceptors (Lipinski definition) is 2. The Labute approximate surface area is 344 Å². The molecule has 9 aromatic rings. The Morgan fingerprint density at radius 3 is 1.26 bits per heavy atom. The van der Waals surface area contributed by atoms with Crippen molar-refractivity contribution in [3.63, 3.8) is 0 Å². The maximum atomic E-state index is 2.40. The highest BCUT2D eigenvalue weighted by atomic mass is 28.3. The SMILES string of the molecule is C[Si](C)(C)c1ccc(N(c2ccc(-c3ccc(-c4ccc(N(c5ccccc5)c5ccccc5-c5ccccc5)cc4)cc3)cc2)c2cccc3ccccc23)cc1. The van der Waals surface area contributed by atoms with E-state index in [2.05, 4.69) is 254 Å². The molecule has 0 aliphatic rings. The number of hydrogen-bond donors (Lipinski definition) is 0. The van der Waals surface area contributed by atoms with Crippen molar-refractivity contribution >= 4 is 58.2 Å². The third-order valence-corrected chi connectivity index (χ3v) is 13.1. The number of anilines is 6. The molecule has 9 aromatic carbocycles. The van der Waals surface area contributed by atoms with Gasteiger partial charge in [0.15, 0.2) is 0 Å². The first-order chi connectivity index (χ1) is 28.4. The second-order valence-corrected chi connectivity index (χ2v) is 20.9. The lowest BCUT2D eigenvalue weighted by Gasteiger charge is -2.28. The maximum absolute atomic E-state index is 2.40. The zero-order valence-corrected chi connectivity index (χ0v) is 34.3. The molecule has 0 aliphatic heterocycles. The zero-order valence-electron chi connectivity index (χ0n) is 33.3. The first kappa shape index (κ1) is 36.7. The van der Waals surface area contributed by atoms with Crippen LogP contribution in [0, 0.1) is 0 Å². The molecule has 3 heteroatoms. The van der Waals surface area contributed by atoms with Crippen LogP contribution >= 0.6 is 0 Å². The van der Waals surface area contributed by atoms with Crippen molar-refractivity contribution in [1.29, 1.82) is 0 Å². The van der Waals surface area contributed by atoms with E-state index >= 15 is 0 Å². The second kappa shape index (κ2) is 15.9. The van der Waals surface area contributed by atoms with Crippen LogP contribution in [0.3, 0.4) is 0 Å². The highest BCUT2D eigenvalue weighted by Gasteiger charge is 2.20. The summed E-state index contributed by atoms with van der Waals surface area (Å²) in [5.74, 6) is 0. The van der Waals surface area contributed by atoms with Crippen LogP contribution in [0.5, 0.6) is 0 Å². The molecule has 0 bridgehead atoms. The van der Waals surface area contributed by atoms with Crippen LogP contribution in [0.2, 0.25) is 19.6 Å². The molecule has 0 amide bonds. The molecule has 0 spiro atoms. The molecule has 0 fully saturated rings. The van der Waals surface area contributed by atoms with Gasteiger partial charge in [-0.15, -0.1) is 0 Å². The van der Waals surface area contributed by atoms with Crippen molar-refractivity contribution in [2.75, 3.05) is 9.80 Å². The van der Waals surface area contributed by atoms with E-state index in [9.17, 15) is 0 Å². The van der Waals surface area contributed by atoms with Gasteiger partial charge in [0.25, 0.3) is 0 Å². The van der Waals surface area contributed by atoms with Crippen molar-refractivity contribution < 1.29 is 0 Å². The molecule has 0 aromatic heterocycles. The van der Waals surface area contributed by atoms with E-state index in [4.69, 9.17) is 0 Å².